The van der Waals surface area contributed by atoms with Crippen LogP contribution in [-0.4, -0.2) is 101 Å². The van der Waals surface area contributed by atoms with Crippen molar-refractivity contribution in [2.75, 3.05) is 47.0 Å². The number of nitrogens with zero attached hydrogens (tertiary/aromatic N) is 2. The lowest BCUT2D eigenvalue weighted by Crippen LogP contribution is -2.47. The van der Waals surface area contributed by atoms with Crippen LogP contribution < -0.4 is 19.5 Å². The van der Waals surface area contributed by atoms with Crippen LogP contribution in [0.2, 0.25) is 0 Å². The lowest BCUT2D eigenvalue weighted by Gasteiger charge is -2.38. The molecule has 1 unspecified atom stereocenters. The lowest BCUT2D eigenvalue weighted by atomic mass is 9.88. The van der Waals surface area contributed by atoms with E-state index >= 15 is 0 Å². The SMILES string of the molecule is CNS(=O)(=O)c1cccc(OC[C@@H](O)CNC2COC3(CCN(S(=O)(=O)c4ccc5[nH]ncc5c4OC)CC3)C2)c1. The number of H-pyrrole nitrogens is 1. The van der Waals surface area contributed by atoms with Crippen molar-refractivity contribution in [2.24, 2.45) is 0 Å². The first-order valence-electron chi connectivity index (χ1n) is 13.3. The van der Waals surface area contributed by atoms with Gasteiger partial charge in [0.1, 0.15) is 29.1 Å². The second kappa shape index (κ2) is 11.8. The fraction of sp³-hybridized carbons (Fsp3) is 0.500. The van der Waals surface area contributed by atoms with Gasteiger partial charge in [0, 0.05) is 31.7 Å². The summed E-state index contributed by atoms with van der Waals surface area (Å²) in [5, 5.41) is 21.2. The van der Waals surface area contributed by atoms with Crippen molar-refractivity contribution >= 4 is 30.9 Å². The largest absolute Gasteiger partial charge is 0.495 e. The van der Waals surface area contributed by atoms with Crippen molar-refractivity contribution < 1.29 is 36.2 Å². The van der Waals surface area contributed by atoms with Crippen LogP contribution in [0.15, 0.2) is 52.4 Å². The van der Waals surface area contributed by atoms with E-state index in [2.05, 4.69) is 20.2 Å². The minimum atomic E-state index is -3.79. The third kappa shape index (κ3) is 6.21. The number of ether oxygens (including phenoxy) is 3. The normalized spacial score (nSPS) is 20.4. The van der Waals surface area contributed by atoms with Gasteiger partial charge in [0.05, 0.1) is 41.3 Å². The molecule has 0 radical (unpaired) electrons. The molecule has 5 rings (SSSR count). The Morgan fingerprint density at radius 3 is 2.73 bits per heavy atom. The fourth-order valence-corrected chi connectivity index (χ4v) is 7.76. The van der Waals surface area contributed by atoms with E-state index in [4.69, 9.17) is 14.2 Å². The molecule has 3 aromatic rings. The molecule has 2 saturated heterocycles. The van der Waals surface area contributed by atoms with Gasteiger partial charge >= 0.3 is 0 Å². The van der Waals surface area contributed by atoms with Crippen molar-refractivity contribution in [1.29, 1.82) is 0 Å². The summed E-state index contributed by atoms with van der Waals surface area (Å²) in [6, 6.07) is 9.29. The first kappa shape index (κ1) is 29.7. The molecule has 1 spiro atoms. The average Bonchev–Trinajstić information content (AvgIpc) is 3.62. The van der Waals surface area contributed by atoms with Gasteiger partial charge in [-0.25, -0.2) is 21.6 Å². The van der Waals surface area contributed by atoms with E-state index in [9.17, 15) is 21.9 Å². The third-order valence-electron chi connectivity index (χ3n) is 7.67. The predicted molar refractivity (Wildman–Crippen MR) is 150 cm³/mol. The Morgan fingerprint density at radius 1 is 1.22 bits per heavy atom. The number of piperidine rings is 1. The maximum Gasteiger partial charge on any atom is 0.246 e. The molecule has 2 aliphatic heterocycles. The Hall–Kier alpha value is -2.79. The molecule has 2 aliphatic rings. The zero-order valence-electron chi connectivity index (χ0n) is 22.9. The van der Waals surface area contributed by atoms with E-state index in [-0.39, 0.29) is 34.7 Å². The zero-order valence-corrected chi connectivity index (χ0v) is 24.5. The predicted octanol–water partition coefficient (Wildman–Crippen LogP) is 0.821. The lowest BCUT2D eigenvalue weighted by molar-refractivity contribution is -0.0312. The molecule has 0 aliphatic carbocycles. The van der Waals surface area contributed by atoms with Crippen LogP contribution in [0, 0.1) is 0 Å². The van der Waals surface area contributed by atoms with E-state index in [0.717, 1.165) is 0 Å². The Bertz CT molecular complexity index is 1590. The second-order valence-corrected chi connectivity index (χ2v) is 14.1. The average molecular weight is 610 g/mol. The summed E-state index contributed by atoms with van der Waals surface area (Å²) in [6.07, 6.45) is 2.53. The summed E-state index contributed by atoms with van der Waals surface area (Å²) in [4.78, 5) is 0.193. The minimum absolute atomic E-state index is 0.000462. The van der Waals surface area contributed by atoms with Crippen LogP contribution >= 0.6 is 0 Å². The number of aromatic amines is 1. The highest BCUT2D eigenvalue weighted by Crippen LogP contribution is 2.39. The van der Waals surface area contributed by atoms with Gasteiger partial charge in [0.25, 0.3) is 0 Å². The first-order valence-corrected chi connectivity index (χ1v) is 16.2. The quantitative estimate of drug-likeness (QED) is 0.244. The van der Waals surface area contributed by atoms with Crippen LogP contribution in [-0.2, 0) is 24.8 Å². The number of aliphatic hydroxyl groups excluding tert-OH is 1. The van der Waals surface area contributed by atoms with Gasteiger partial charge in [0.2, 0.25) is 20.0 Å². The number of aliphatic hydroxyl groups is 1. The van der Waals surface area contributed by atoms with E-state index < -0.39 is 31.8 Å². The molecular formula is C26H35N5O8S2. The molecular weight excluding hydrogens is 574 g/mol. The monoisotopic (exact) mass is 609 g/mol. The van der Waals surface area contributed by atoms with Crippen molar-refractivity contribution in [3.63, 3.8) is 0 Å². The maximum atomic E-state index is 13.5. The molecule has 2 fully saturated rings. The van der Waals surface area contributed by atoms with Crippen molar-refractivity contribution in [2.45, 2.75) is 46.8 Å². The van der Waals surface area contributed by atoms with Crippen LogP contribution in [0.3, 0.4) is 0 Å². The van der Waals surface area contributed by atoms with Gasteiger partial charge in [-0.2, -0.15) is 9.40 Å². The number of methoxy groups -OCH3 is 1. The summed E-state index contributed by atoms with van der Waals surface area (Å²) < 4.78 is 72.0. The zero-order chi connectivity index (χ0) is 29.3. The minimum Gasteiger partial charge on any atom is -0.495 e. The molecule has 13 nitrogen and oxygen atoms in total. The number of sulfonamides is 2. The van der Waals surface area contributed by atoms with Gasteiger partial charge in [-0.3, -0.25) is 5.10 Å². The van der Waals surface area contributed by atoms with Crippen LogP contribution in [0.1, 0.15) is 19.3 Å². The molecule has 1 aromatic heterocycles. The van der Waals surface area contributed by atoms with Crippen molar-refractivity contribution in [1.82, 2.24) is 24.5 Å². The topological polar surface area (TPSA) is 172 Å². The summed E-state index contributed by atoms with van der Waals surface area (Å²) in [5.74, 6) is 0.615. The van der Waals surface area contributed by atoms with Gasteiger partial charge in [-0.15, -0.1) is 0 Å². The molecule has 224 valence electrons. The standard InChI is InChI=1S/C26H35N5O8S2/c1-27-40(33,34)21-5-3-4-20(12-21)38-17-19(32)14-28-18-13-26(39-16-18)8-10-31(11-9-26)41(35,36)24-7-6-23-22(15-29-30-23)25(24)37-2/h3-7,12,15,18-19,27-28,32H,8-11,13-14,16-17H2,1-2H3,(H,29,30)/t18?,19-/m0/s1. The number of benzene rings is 2. The molecule has 2 aromatic carbocycles. The summed E-state index contributed by atoms with van der Waals surface area (Å²) in [7, 11) is -4.60. The number of rotatable bonds is 11. The number of nitrogens with one attached hydrogen (secondary N) is 3. The molecule has 0 bridgehead atoms. The molecule has 15 heteroatoms. The van der Waals surface area contributed by atoms with Gasteiger partial charge in [-0.1, -0.05) is 6.07 Å². The van der Waals surface area contributed by atoms with Gasteiger partial charge in [0.15, 0.2) is 0 Å². The Morgan fingerprint density at radius 2 is 2.00 bits per heavy atom. The van der Waals surface area contributed by atoms with Gasteiger partial charge < -0.3 is 24.6 Å². The summed E-state index contributed by atoms with van der Waals surface area (Å²) in [5.41, 5.74) is 0.269. The van der Waals surface area contributed by atoms with E-state index in [1.807, 2.05) is 0 Å². The summed E-state index contributed by atoms with van der Waals surface area (Å²) >= 11 is 0. The van der Waals surface area contributed by atoms with E-state index in [1.54, 1.807) is 30.5 Å². The molecule has 0 saturated carbocycles. The molecule has 4 N–H and O–H groups in total. The highest BCUT2D eigenvalue weighted by molar-refractivity contribution is 7.89. The number of hydrogen-bond acceptors (Lipinski definition) is 10. The Balaban J connectivity index is 1.11. The van der Waals surface area contributed by atoms with E-state index in [1.165, 1.54) is 30.6 Å². The first-order chi connectivity index (χ1) is 19.6. The van der Waals surface area contributed by atoms with Crippen LogP contribution in [0.4, 0.5) is 0 Å². The number of aromatic nitrogens is 2. The van der Waals surface area contributed by atoms with E-state index in [0.29, 0.717) is 55.6 Å². The van der Waals surface area contributed by atoms with Crippen LogP contribution in [0.5, 0.6) is 11.5 Å². The fourth-order valence-electron chi connectivity index (χ4n) is 5.39. The third-order valence-corrected chi connectivity index (χ3v) is 11.0. The molecule has 41 heavy (non-hydrogen) atoms. The van der Waals surface area contributed by atoms with Crippen molar-refractivity contribution in [3.05, 3.63) is 42.6 Å². The maximum absolute atomic E-state index is 13.5. The van der Waals surface area contributed by atoms with Crippen LogP contribution in [0.25, 0.3) is 10.9 Å². The smallest absolute Gasteiger partial charge is 0.246 e. The highest BCUT2D eigenvalue weighted by Gasteiger charge is 2.45. The molecule has 3 heterocycles. The highest BCUT2D eigenvalue weighted by atomic mass is 32.2. The molecule has 2 atom stereocenters. The Kier molecular flexibility index (Phi) is 8.57. The Labute approximate surface area is 239 Å². The van der Waals surface area contributed by atoms with Gasteiger partial charge in [-0.05, 0) is 50.6 Å². The number of hydrogen-bond donors (Lipinski definition) is 4. The number of fused-ring (bicyclic) bond motifs is 1. The molecule has 0 amide bonds. The summed E-state index contributed by atoms with van der Waals surface area (Å²) in [6.45, 7) is 1.33. The second-order valence-electron chi connectivity index (χ2n) is 10.3. The van der Waals surface area contributed by atoms with Crippen molar-refractivity contribution in [3.8, 4) is 11.5 Å².